The largest absolute Gasteiger partial charge is 0.334 e. The second kappa shape index (κ2) is 6.41. The van der Waals surface area contributed by atoms with Crippen LogP contribution in [0.3, 0.4) is 0 Å². The third kappa shape index (κ3) is 3.03. The van der Waals surface area contributed by atoms with Gasteiger partial charge in [0, 0.05) is 25.7 Å². The smallest absolute Gasteiger partial charge is 0.313 e. The highest BCUT2D eigenvalue weighted by Gasteiger charge is 2.48. The number of benzene rings is 1. The number of rotatable bonds is 1. The van der Waals surface area contributed by atoms with Crippen LogP contribution in [-0.2, 0) is 9.59 Å². The maximum atomic E-state index is 13.9. The van der Waals surface area contributed by atoms with Gasteiger partial charge in [-0.15, -0.1) is 0 Å². The van der Waals surface area contributed by atoms with Crippen LogP contribution in [0.25, 0.3) is 0 Å². The molecule has 0 radical (unpaired) electrons. The van der Waals surface area contributed by atoms with Gasteiger partial charge < -0.3 is 10.2 Å². The third-order valence-electron chi connectivity index (χ3n) is 5.97. The van der Waals surface area contributed by atoms with Gasteiger partial charge in [0.15, 0.2) is 0 Å². The van der Waals surface area contributed by atoms with Gasteiger partial charge in [-0.2, -0.15) is 0 Å². The van der Waals surface area contributed by atoms with Gasteiger partial charge in [0.25, 0.3) is 0 Å². The van der Waals surface area contributed by atoms with Gasteiger partial charge in [-0.25, -0.2) is 4.39 Å². The standard InChI is InChI=1S/C19H24FN3O2/c1-12-5-6-16(15(20)8-12)21-18(24)19(25)23-10-13-9-22-7-3-2-4-17(22)14(13)11-23/h5-6,8,13-14,17H,2-4,7,9-11H2,1H3,(H,21,24)/t13-,14-,17+/m0/s1. The van der Waals surface area contributed by atoms with Crippen LogP contribution >= 0.6 is 0 Å². The number of halogens is 1. The summed E-state index contributed by atoms with van der Waals surface area (Å²) in [5, 5.41) is 2.42. The minimum absolute atomic E-state index is 0.0572. The molecule has 0 spiro atoms. The number of carbonyl (C=O) groups excluding carboxylic acids is 2. The average molecular weight is 345 g/mol. The van der Waals surface area contributed by atoms with Crippen LogP contribution in [0.15, 0.2) is 18.2 Å². The number of amides is 2. The van der Waals surface area contributed by atoms with Gasteiger partial charge in [0.05, 0.1) is 5.69 Å². The summed E-state index contributed by atoms with van der Waals surface area (Å²) < 4.78 is 13.9. The minimum Gasteiger partial charge on any atom is -0.334 e. The topological polar surface area (TPSA) is 52.7 Å². The lowest BCUT2D eigenvalue weighted by atomic mass is 9.90. The van der Waals surface area contributed by atoms with Crippen molar-refractivity contribution in [2.24, 2.45) is 11.8 Å². The zero-order valence-corrected chi connectivity index (χ0v) is 14.5. The summed E-state index contributed by atoms with van der Waals surface area (Å²) in [5.41, 5.74) is 0.827. The molecule has 4 rings (SSSR count). The summed E-state index contributed by atoms with van der Waals surface area (Å²) in [6, 6.07) is 5.11. The van der Waals surface area contributed by atoms with Crippen molar-refractivity contribution in [2.45, 2.75) is 32.2 Å². The van der Waals surface area contributed by atoms with Gasteiger partial charge in [0.1, 0.15) is 5.82 Å². The predicted octanol–water partition coefficient (Wildman–Crippen LogP) is 2.02. The fourth-order valence-electron chi connectivity index (χ4n) is 4.76. The maximum absolute atomic E-state index is 13.9. The van der Waals surface area contributed by atoms with Crippen molar-refractivity contribution in [3.05, 3.63) is 29.6 Å². The van der Waals surface area contributed by atoms with Gasteiger partial charge in [-0.3, -0.25) is 14.5 Å². The van der Waals surface area contributed by atoms with Crippen molar-refractivity contribution < 1.29 is 14.0 Å². The van der Waals surface area contributed by atoms with E-state index in [0.29, 0.717) is 31.0 Å². The fourth-order valence-corrected chi connectivity index (χ4v) is 4.76. The number of piperidine rings is 1. The molecule has 0 aromatic heterocycles. The van der Waals surface area contributed by atoms with Crippen molar-refractivity contribution in [3.8, 4) is 0 Å². The number of aryl methyl sites for hydroxylation is 1. The lowest BCUT2D eigenvalue weighted by Crippen LogP contribution is -2.43. The molecule has 3 aliphatic rings. The number of fused-ring (bicyclic) bond motifs is 3. The van der Waals surface area contributed by atoms with Crippen molar-refractivity contribution in [2.75, 3.05) is 31.5 Å². The molecule has 0 bridgehead atoms. The van der Waals surface area contributed by atoms with Crippen molar-refractivity contribution in [1.29, 1.82) is 0 Å². The second-order valence-corrected chi connectivity index (χ2v) is 7.63. The van der Waals surface area contributed by atoms with Crippen LogP contribution in [0.5, 0.6) is 0 Å². The summed E-state index contributed by atoms with van der Waals surface area (Å²) in [6.07, 6.45) is 3.72. The highest BCUT2D eigenvalue weighted by molar-refractivity contribution is 6.39. The zero-order valence-electron chi connectivity index (χ0n) is 14.5. The van der Waals surface area contributed by atoms with Crippen LogP contribution in [0.2, 0.25) is 0 Å². The Morgan fingerprint density at radius 2 is 2.04 bits per heavy atom. The quantitative estimate of drug-likeness (QED) is 0.792. The Hall–Kier alpha value is -1.95. The van der Waals surface area contributed by atoms with E-state index >= 15 is 0 Å². The Balaban J connectivity index is 1.39. The number of nitrogens with one attached hydrogen (secondary N) is 1. The molecule has 3 aliphatic heterocycles. The third-order valence-corrected chi connectivity index (χ3v) is 5.97. The molecule has 3 heterocycles. The first-order chi connectivity index (χ1) is 12.0. The van der Waals surface area contributed by atoms with E-state index in [1.54, 1.807) is 17.9 Å². The molecular weight excluding hydrogens is 321 g/mol. The molecule has 3 fully saturated rings. The SMILES string of the molecule is Cc1ccc(NC(=O)C(=O)N2C[C@@H]3CN4CCCC[C@@H]4[C@H]3C2)c(F)c1. The molecule has 2 amide bonds. The Morgan fingerprint density at radius 1 is 1.20 bits per heavy atom. The molecule has 6 heteroatoms. The lowest BCUT2D eigenvalue weighted by molar-refractivity contribution is -0.142. The van der Waals surface area contributed by atoms with E-state index in [9.17, 15) is 14.0 Å². The van der Waals surface area contributed by atoms with Gasteiger partial charge in [-0.1, -0.05) is 12.5 Å². The highest BCUT2D eigenvalue weighted by atomic mass is 19.1. The average Bonchev–Trinajstić information content (AvgIpc) is 3.14. The number of likely N-dealkylation sites (tertiary alicyclic amines) is 1. The van der Waals surface area contributed by atoms with E-state index in [1.165, 1.54) is 37.9 Å². The lowest BCUT2D eigenvalue weighted by Gasteiger charge is -2.33. The Kier molecular flexibility index (Phi) is 4.23. The molecule has 0 unspecified atom stereocenters. The second-order valence-electron chi connectivity index (χ2n) is 7.63. The van der Waals surface area contributed by atoms with Gasteiger partial charge >= 0.3 is 11.8 Å². The number of carbonyl (C=O) groups is 2. The zero-order chi connectivity index (χ0) is 17.6. The van der Waals surface area contributed by atoms with E-state index in [-0.39, 0.29) is 5.69 Å². The molecule has 1 N–H and O–H groups in total. The minimum atomic E-state index is -0.747. The summed E-state index contributed by atoms with van der Waals surface area (Å²) in [4.78, 5) is 29.0. The summed E-state index contributed by atoms with van der Waals surface area (Å²) in [6.45, 7) is 5.26. The first-order valence-corrected chi connectivity index (χ1v) is 9.13. The van der Waals surface area contributed by atoms with E-state index < -0.39 is 17.6 Å². The number of hydrogen-bond acceptors (Lipinski definition) is 3. The van der Waals surface area contributed by atoms with E-state index in [4.69, 9.17) is 0 Å². The van der Waals surface area contributed by atoms with Crippen LogP contribution in [-0.4, -0.2) is 53.8 Å². The van der Waals surface area contributed by atoms with Crippen molar-refractivity contribution in [3.63, 3.8) is 0 Å². The van der Waals surface area contributed by atoms with Crippen molar-refractivity contribution >= 4 is 17.5 Å². The van der Waals surface area contributed by atoms with Crippen LogP contribution in [0.1, 0.15) is 24.8 Å². The van der Waals surface area contributed by atoms with Gasteiger partial charge in [0.2, 0.25) is 0 Å². The number of anilines is 1. The van der Waals surface area contributed by atoms with E-state index in [1.807, 2.05) is 0 Å². The van der Waals surface area contributed by atoms with E-state index in [0.717, 1.165) is 12.1 Å². The van der Waals surface area contributed by atoms with Crippen LogP contribution in [0, 0.1) is 24.6 Å². The monoisotopic (exact) mass is 345 g/mol. The molecule has 3 saturated heterocycles. The Labute approximate surface area is 147 Å². The summed E-state index contributed by atoms with van der Waals surface area (Å²) in [5.74, 6) is -0.860. The molecule has 134 valence electrons. The molecule has 0 saturated carbocycles. The molecule has 1 aromatic rings. The molecule has 0 aliphatic carbocycles. The Bertz CT molecular complexity index is 708. The fraction of sp³-hybridized carbons (Fsp3) is 0.579. The van der Waals surface area contributed by atoms with Crippen LogP contribution in [0.4, 0.5) is 10.1 Å². The maximum Gasteiger partial charge on any atom is 0.313 e. The Morgan fingerprint density at radius 3 is 2.84 bits per heavy atom. The van der Waals surface area contributed by atoms with E-state index in [2.05, 4.69) is 10.2 Å². The first-order valence-electron chi connectivity index (χ1n) is 9.13. The molecule has 1 aromatic carbocycles. The van der Waals surface area contributed by atoms with Gasteiger partial charge in [-0.05, 0) is 55.8 Å². The summed E-state index contributed by atoms with van der Waals surface area (Å²) >= 11 is 0. The molecule has 5 nitrogen and oxygen atoms in total. The molecular formula is C19H24FN3O2. The van der Waals surface area contributed by atoms with Crippen LogP contribution < -0.4 is 5.32 Å². The number of nitrogens with zero attached hydrogens (tertiary/aromatic N) is 2. The highest BCUT2D eigenvalue weighted by Crippen LogP contribution is 2.40. The van der Waals surface area contributed by atoms with Crippen molar-refractivity contribution in [1.82, 2.24) is 9.80 Å². The molecule has 3 atom stereocenters. The summed E-state index contributed by atoms with van der Waals surface area (Å²) in [7, 11) is 0. The first kappa shape index (κ1) is 16.5. The molecule has 25 heavy (non-hydrogen) atoms. The number of hydrogen-bond donors (Lipinski definition) is 1. The predicted molar refractivity (Wildman–Crippen MR) is 92.5 cm³/mol. The normalized spacial score (nSPS) is 28.6.